The van der Waals surface area contributed by atoms with Crippen LogP contribution in [0.2, 0.25) is 0 Å². The minimum absolute atomic E-state index is 0.00393. The van der Waals surface area contributed by atoms with Gasteiger partial charge in [-0.05, 0) is 72.2 Å². The molecule has 2 rings (SSSR count). The molecule has 196 valence electrons. The van der Waals surface area contributed by atoms with Crippen molar-refractivity contribution < 1.29 is 23.8 Å². The van der Waals surface area contributed by atoms with Crippen molar-refractivity contribution in [2.45, 2.75) is 72.8 Å². The molecule has 0 fully saturated rings. The van der Waals surface area contributed by atoms with Crippen LogP contribution in [0.1, 0.15) is 59.6 Å². The topological polar surface area (TPSA) is 115 Å². The molecule has 3 N–H and O–H groups in total. The molecule has 0 bridgehead atoms. The van der Waals surface area contributed by atoms with Gasteiger partial charge in [0.25, 0.3) is 0 Å². The molecule has 0 aromatic heterocycles. The molecule has 0 unspecified atom stereocenters. The molecule has 0 aliphatic rings. The lowest BCUT2D eigenvalue weighted by Gasteiger charge is -2.24. The largest absolute Gasteiger partial charge is 0.489 e. The summed E-state index contributed by atoms with van der Waals surface area (Å²) in [4.78, 5) is 30.0. The van der Waals surface area contributed by atoms with Gasteiger partial charge < -0.3 is 30.2 Å². The summed E-state index contributed by atoms with van der Waals surface area (Å²) in [6.07, 6.45) is -1.31. The maximum absolute atomic E-state index is 12.3. The Morgan fingerprint density at radius 1 is 0.972 bits per heavy atom. The molecule has 0 heterocycles. The predicted octanol–water partition coefficient (Wildman–Crippen LogP) is 5.37. The number of hydrogen-bond donors (Lipinski definition) is 2. The number of anilines is 1. The van der Waals surface area contributed by atoms with Crippen LogP contribution in [-0.2, 0) is 22.6 Å². The van der Waals surface area contributed by atoms with Crippen LogP contribution in [0.15, 0.2) is 53.5 Å². The highest BCUT2D eigenvalue weighted by atomic mass is 16.6. The van der Waals surface area contributed by atoms with Crippen molar-refractivity contribution >= 4 is 23.8 Å². The summed E-state index contributed by atoms with van der Waals surface area (Å²) in [6.45, 7) is 13.5. The number of amides is 2. The lowest BCUT2D eigenvalue weighted by atomic mass is 10.1. The molecule has 0 atom stereocenters. The first kappa shape index (κ1) is 28.5. The highest BCUT2D eigenvalue weighted by Gasteiger charge is 2.20. The second kappa shape index (κ2) is 12.3. The lowest BCUT2D eigenvalue weighted by Crippen LogP contribution is -2.38. The third-order valence-corrected chi connectivity index (χ3v) is 4.61. The van der Waals surface area contributed by atoms with Crippen LogP contribution in [0.3, 0.4) is 0 Å². The van der Waals surface area contributed by atoms with E-state index in [-0.39, 0.29) is 12.5 Å². The molecule has 0 saturated heterocycles. The Hall–Kier alpha value is -3.75. The quantitative estimate of drug-likeness (QED) is 0.390. The van der Waals surface area contributed by atoms with Crippen molar-refractivity contribution in [3.8, 4) is 5.75 Å². The van der Waals surface area contributed by atoms with Gasteiger partial charge in [0.1, 0.15) is 23.6 Å². The van der Waals surface area contributed by atoms with Crippen LogP contribution in [0, 0.1) is 0 Å². The van der Waals surface area contributed by atoms with Gasteiger partial charge in [-0.25, -0.2) is 9.59 Å². The van der Waals surface area contributed by atoms with Crippen molar-refractivity contribution in [1.82, 2.24) is 5.32 Å². The maximum atomic E-state index is 12.3. The van der Waals surface area contributed by atoms with E-state index in [0.717, 1.165) is 5.56 Å². The fraction of sp³-hybridized carbons (Fsp3) is 0.444. The van der Waals surface area contributed by atoms with Crippen LogP contribution in [0.5, 0.6) is 5.75 Å². The molecule has 2 aromatic carbocycles. The Morgan fingerprint density at radius 2 is 1.61 bits per heavy atom. The zero-order valence-corrected chi connectivity index (χ0v) is 22.3. The summed E-state index contributed by atoms with van der Waals surface area (Å²) >= 11 is 0. The number of carbonyl (C=O) groups excluding carboxylic acids is 2. The minimum Gasteiger partial charge on any atom is -0.489 e. The SMILES string of the molecule is CCN(C(N)=NC(=O)OC(C)(C)C)c1ccc(OCc2ccccc2)c(CNC(=O)OC(C)(C)C)c1. The molecule has 0 radical (unpaired) electrons. The third kappa shape index (κ3) is 9.85. The standard InChI is InChI=1S/C27H38N4O5/c1-8-31(23(28)30-25(33)36-27(5,6)7)21-14-15-22(34-18-19-12-10-9-11-13-19)20(16-21)17-29-24(32)35-26(2,3)4/h9-16H,8,17-18H2,1-7H3,(H,29,32)(H2,28,30,33). The summed E-state index contributed by atoms with van der Waals surface area (Å²) < 4.78 is 16.7. The van der Waals surface area contributed by atoms with E-state index in [1.54, 1.807) is 52.5 Å². The van der Waals surface area contributed by atoms with Crippen molar-refractivity contribution in [2.24, 2.45) is 10.7 Å². The van der Waals surface area contributed by atoms with E-state index >= 15 is 0 Å². The van der Waals surface area contributed by atoms with Crippen molar-refractivity contribution in [3.05, 3.63) is 59.7 Å². The summed E-state index contributed by atoms with van der Waals surface area (Å²) in [5, 5.41) is 2.77. The van der Waals surface area contributed by atoms with Crippen molar-refractivity contribution in [3.63, 3.8) is 0 Å². The molecule has 2 amide bonds. The van der Waals surface area contributed by atoms with Gasteiger partial charge >= 0.3 is 12.2 Å². The molecule has 9 heteroatoms. The fourth-order valence-corrected chi connectivity index (χ4v) is 3.15. The lowest BCUT2D eigenvalue weighted by molar-refractivity contribution is 0.0521. The van der Waals surface area contributed by atoms with Crippen LogP contribution >= 0.6 is 0 Å². The number of nitrogens with zero attached hydrogens (tertiary/aromatic N) is 2. The van der Waals surface area contributed by atoms with E-state index in [4.69, 9.17) is 19.9 Å². The average Bonchev–Trinajstić information content (AvgIpc) is 2.75. The monoisotopic (exact) mass is 498 g/mol. The van der Waals surface area contributed by atoms with Gasteiger partial charge in [-0.2, -0.15) is 0 Å². The molecule has 0 aliphatic heterocycles. The number of hydrogen-bond acceptors (Lipinski definition) is 5. The Balaban J connectivity index is 2.30. The third-order valence-electron chi connectivity index (χ3n) is 4.61. The van der Waals surface area contributed by atoms with Gasteiger partial charge in [0.05, 0.1) is 0 Å². The predicted molar refractivity (Wildman–Crippen MR) is 141 cm³/mol. The van der Waals surface area contributed by atoms with E-state index in [0.29, 0.717) is 30.2 Å². The summed E-state index contributed by atoms with van der Waals surface area (Å²) in [6, 6.07) is 15.2. The van der Waals surface area contributed by atoms with E-state index < -0.39 is 23.4 Å². The number of nitrogens with two attached hydrogens (primary N) is 1. The smallest absolute Gasteiger partial charge is 0.437 e. The highest BCUT2D eigenvalue weighted by Crippen LogP contribution is 2.26. The van der Waals surface area contributed by atoms with Crippen LogP contribution in [0.25, 0.3) is 0 Å². The van der Waals surface area contributed by atoms with Crippen LogP contribution < -0.4 is 20.7 Å². The number of aliphatic imine (C=N–C) groups is 1. The minimum atomic E-state index is -0.770. The van der Waals surface area contributed by atoms with Gasteiger partial charge in [0, 0.05) is 24.3 Å². The van der Waals surface area contributed by atoms with Gasteiger partial charge in [0.15, 0.2) is 0 Å². The highest BCUT2D eigenvalue weighted by molar-refractivity contribution is 6.00. The number of benzene rings is 2. The maximum Gasteiger partial charge on any atom is 0.437 e. The molecule has 36 heavy (non-hydrogen) atoms. The van der Waals surface area contributed by atoms with Gasteiger partial charge in [0.2, 0.25) is 5.96 Å². The van der Waals surface area contributed by atoms with E-state index in [1.165, 1.54) is 0 Å². The fourth-order valence-electron chi connectivity index (χ4n) is 3.15. The van der Waals surface area contributed by atoms with E-state index in [1.807, 2.05) is 49.4 Å². The molecule has 9 nitrogen and oxygen atoms in total. The molecule has 0 saturated carbocycles. The number of guanidine groups is 1. The summed E-state index contributed by atoms with van der Waals surface area (Å²) in [7, 11) is 0. The number of rotatable bonds is 7. The van der Waals surface area contributed by atoms with E-state index in [2.05, 4.69) is 10.3 Å². The Morgan fingerprint density at radius 3 is 2.19 bits per heavy atom. The number of alkyl carbamates (subject to hydrolysis) is 1. The second-order valence-corrected chi connectivity index (χ2v) is 10.1. The summed E-state index contributed by atoms with van der Waals surface area (Å²) in [5.74, 6) is 0.591. The first-order valence-corrected chi connectivity index (χ1v) is 11.9. The van der Waals surface area contributed by atoms with Crippen LogP contribution in [-0.4, -0.2) is 35.9 Å². The first-order chi connectivity index (χ1) is 16.8. The molecule has 0 spiro atoms. The van der Waals surface area contributed by atoms with Crippen molar-refractivity contribution in [2.75, 3.05) is 11.4 Å². The zero-order chi connectivity index (χ0) is 26.9. The molecule has 0 aliphatic carbocycles. The zero-order valence-electron chi connectivity index (χ0n) is 22.3. The number of carbonyl (C=O) groups is 2. The number of nitrogens with one attached hydrogen (secondary N) is 1. The molecular formula is C27H38N4O5. The van der Waals surface area contributed by atoms with Crippen molar-refractivity contribution in [1.29, 1.82) is 0 Å². The summed E-state index contributed by atoms with van der Waals surface area (Å²) in [5.41, 5.74) is 7.24. The molecule has 2 aromatic rings. The first-order valence-electron chi connectivity index (χ1n) is 11.9. The average molecular weight is 499 g/mol. The Labute approximate surface area is 213 Å². The second-order valence-electron chi connectivity index (χ2n) is 10.1. The Kier molecular flexibility index (Phi) is 9.72. The van der Waals surface area contributed by atoms with E-state index in [9.17, 15) is 9.59 Å². The van der Waals surface area contributed by atoms with Gasteiger partial charge in [-0.15, -0.1) is 4.99 Å². The van der Waals surface area contributed by atoms with Gasteiger partial charge in [-0.3, -0.25) is 0 Å². The van der Waals surface area contributed by atoms with Crippen LogP contribution in [0.4, 0.5) is 15.3 Å². The number of ether oxygens (including phenoxy) is 3. The normalized spacial score (nSPS) is 12.0. The Bertz CT molecular complexity index is 1060. The molecular weight excluding hydrogens is 460 g/mol. The van der Waals surface area contributed by atoms with Gasteiger partial charge in [-0.1, -0.05) is 30.3 Å².